The van der Waals surface area contributed by atoms with Crippen molar-refractivity contribution in [3.8, 4) is 11.1 Å². The van der Waals surface area contributed by atoms with Crippen molar-refractivity contribution >= 4 is 5.69 Å². The molecule has 2 aromatic rings. The van der Waals surface area contributed by atoms with Crippen LogP contribution in [0.1, 0.15) is 18.4 Å². The summed E-state index contributed by atoms with van der Waals surface area (Å²) in [6, 6.07) is 12.6. The summed E-state index contributed by atoms with van der Waals surface area (Å²) in [5.41, 5.74) is 3.58. The van der Waals surface area contributed by atoms with E-state index < -0.39 is 0 Å². The second kappa shape index (κ2) is 6.04. The van der Waals surface area contributed by atoms with Gasteiger partial charge in [-0.25, -0.2) is 4.39 Å². The first-order valence-corrected chi connectivity index (χ1v) is 7.26. The molecule has 21 heavy (non-hydrogen) atoms. The predicted octanol–water partition coefficient (Wildman–Crippen LogP) is 4.90. The van der Waals surface area contributed by atoms with Gasteiger partial charge >= 0.3 is 0 Å². The Bertz CT molecular complexity index is 661. The molecule has 0 aromatic heterocycles. The van der Waals surface area contributed by atoms with Gasteiger partial charge < -0.3 is 0 Å². The van der Waals surface area contributed by atoms with Gasteiger partial charge in [-0.15, -0.1) is 5.11 Å². The summed E-state index contributed by atoms with van der Waals surface area (Å²) in [6.45, 7) is 3.91. The van der Waals surface area contributed by atoms with Gasteiger partial charge in [0.25, 0.3) is 0 Å². The number of halogens is 1. The van der Waals surface area contributed by atoms with Crippen molar-refractivity contribution < 1.29 is 4.39 Å². The van der Waals surface area contributed by atoms with E-state index in [1.54, 1.807) is 6.07 Å². The average molecular weight is 283 g/mol. The smallest absolute Gasteiger partial charge is 0.123 e. The van der Waals surface area contributed by atoms with E-state index in [-0.39, 0.29) is 5.82 Å². The summed E-state index contributed by atoms with van der Waals surface area (Å²) in [5, 5.41) is 10.6. The van der Waals surface area contributed by atoms with Crippen LogP contribution in [0.3, 0.4) is 0 Å². The van der Waals surface area contributed by atoms with Crippen LogP contribution < -0.4 is 0 Å². The highest BCUT2D eigenvalue weighted by Gasteiger charge is 2.11. The molecule has 0 aliphatic carbocycles. The number of rotatable bonds is 3. The molecule has 3 nitrogen and oxygen atoms in total. The summed E-state index contributed by atoms with van der Waals surface area (Å²) >= 11 is 0. The highest BCUT2D eigenvalue weighted by atomic mass is 19.1. The van der Waals surface area contributed by atoms with Gasteiger partial charge in [0.2, 0.25) is 0 Å². The van der Waals surface area contributed by atoms with Gasteiger partial charge in [0.05, 0.1) is 5.69 Å². The summed E-state index contributed by atoms with van der Waals surface area (Å²) in [6.07, 6.45) is 2.32. The normalized spacial score (nSPS) is 15.0. The van der Waals surface area contributed by atoms with Crippen LogP contribution in [0, 0.1) is 12.7 Å². The Kier molecular flexibility index (Phi) is 3.95. The Balaban J connectivity index is 1.99. The van der Waals surface area contributed by atoms with Crippen LogP contribution in [0.2, 0.25) is 0 Å². The second-order valence-electron chi connectivity index (χ2n) is 5.33. The lowest BCUT2D eigenvalue weighted by atomic mass is 9.99. The highest BCUT2D eigenvalue weighted by Crippen LogP contribution is 2.33. The summed E-state index contributed by atoms with van der Waals surface area (Å²) < 4.78 is 13.6. The van der Waals surface area contributed by atoms with E-state index >= 15 is 0 Å². The second-order valence-corrected chi connectivity index (χ2v) is 5.33. The molecule has 2 aromatic carbocycles. The molecule has 108 valence electrons. The van der Waals surface area contributed by atoms with Crippen LogP contribution in [-0.4, -0.2) is 18.1 Å². The molecule has 1 saturated heterocycles. The SMILES string of the molecule is Cc1ccccc1-c1cc(F)ccc1N=NN1CCCC1. The molecule has 1 aliphatic heterocycles. The first-order valence-electron chi connectivity index (χ1n) is 7.26. The summed E-state index contributed by atoms with van der Waals surface area (Å²) in [5.74, 6) is -0.256. The fourth-order valence-electron chi connectivity index (χ4n) is 2.59. The molecule has 1 fully saturated rings. The van der Waals surface area contributed by atoms with E-state index in [0.29, 0.717) is 5.69 Å². The number of nitrogens with zero attached hydrogens (tertiary/aromatic N) is 3. The molecule has 3 rings (SSSR count). The Labute approximate surface area is 124 Å². The van der Waals surface area contributed by atoms with Gasteiger partial charge in [-0.2, -0.15) is 0 Å². The van der Waals surface area contributed by atoms with Gasteiger partial charge in [-0.3, -0.25) is 5.01 Å². The molecule has 0 spiro atoms. The minimum atomic E-state index is -0.256. The Morgan fingerprint density at radius 3 is 2.52 bits per heavy atom. The quantitative estimate of drug-likeness (QED) is 0.737. The van der Waals surface area contributed by atoms with E-state index in [2.05, 4.69) is 10.3 Å². The third-order valence-corrected chi connectivity index (χ3v) is 3.76. The predicted molar refractivity (Wildman–Crippen MR) is 81.9 cm³/mol. The first kappa shape index (κ1) is 13.7. The van der Waals surface area contributed by atoms with Crippen LogP contribution in [0.5, 0.6) is 0 Å². The van der Waals surface area contributed by atoms with Crippen molar-refractivity contribution in [3.63, 3.8) is 0 Å². The molecule has 0 unspecified atom stereocenters. The molecule has 0 atom stereocenters. The molecular formula is C17H18FN3. The number of hydrogen-bond acceptors (Lipinski definition) is 2. The van der Waals surface area contributed by atoms with Crippen LogP contribution >= 0.6 is 0 Å². The standard InChI is InChI=1S/C17H18FN3/c1-13-6-2-3-7-15(13)16-12-14(18)8-9-17(16)19-20-21-10-4-5-11-21/h2-3,6-9,12H,4-5,10-11H2,1H3. The van der Waals surface area contributed by atoms with Crippen LogP contribution in [0.15, 0.2) is 52.8 Å². The zero-order chi connectivity index (χ0) is 14.7. The van der Waals surface area contributed by atoms with Gasteiger partial charge in [-0.05, 0) is 49.1 Å². The Morgan fingerprint density at radius 1 is 1.00 bits per heavy atom. The molecule has 0 saturated carbocycles. The Morgan fingerprint density at radius 2 is 1.76 bits per heavy atom. The van der Waals surface area contributed by atoms with Crippen molar-refractivity contribution in [2.24, 2.45) is 10.3 Å². The van der Waals surface area contributed by atoms with Crippen LogP contribution in [-0.2, 0) is 0 Å². The molecule has 1 heterocycles. The molecule has 0 radical (unpaired) electrons. The zero-order valence-electron chi connectivity index (χ0n) is 12.1. The molecule has 0 N–H and O–H groups in total. The fraction of sp³-hybridized carbons (Fsp3) is 0.294. The molecule has 4 heteroatoms. The molecule has 1 aliphatic rings. The monoisotopic (exact) mass is 283 g/mol. The van der Waals surface area contributed by atoms with Crippen molar-refractivity contribution in [1.29, 1.82) is 0 Å². The topological polar surface area (TPSA) is 28.0 Å². The van der Waals surface area contributed by atoms with Crippen molar-refractivity contribution in [3.05, 3.63) is 53.8 Å². The fourth-order valence-corrected chi connectivity index (χ4v) is 2.59. The lowest BCUT2D eigenvalue weighted by molar-refractivity contribution is 0.337. The number of aryl methyl sites for hydroxylation is 1. The largest absolute Gasteiger partial charge is 0.278 e. The molecule has 0 bridgehead atoms. The van der Waals surface area contributed by atoms with Crippen molar-refractivity contribution in [1.82, 2.24) is 5.01 Å². The number of hydrogen-bond donors (Lipinski definition) is 0. The molecular weight excluding hydrogens is 265 g/mol. The van der Waals surface area contributed by atoms with Crippen molar-refractivity contribution in [2.75, 3.05) is 13.1 Å². The Hall–Kier alpha value is -2.23. The lowest BCUT2D eigenvalue weighted by Crippen LogP contribution is -2.09. The minimum Gasteiger partial charge on any atom is -0.278 e. The lowest BCUT2D eigenvalue weighted by Gasteiger charge is -2.10. The average Bonchev–Trinajstić information content (AvgIpc) is 3.00. The third-order valence-electron chi connectivity index (χ3n) is 3.76. The zero-order valence-corrected chi connectivity index (χ0v) is 12.1. The first-order chi connectivity index (χ1) is 10.2. The van der Waals surface area contributed by atoms with Gasteiger partial charge in [-0.1, -0.05) is 29.5 Å². The van der Waals surface area contributed by atoms with E-state index in [1.807, 2.05) is 36.2 Å². The third kappa shape index (κ3) is 3.10. The van der Waals surface area contributed by atoms with Crippen molar-refractivity contribution in [2.45, 2.75) is 19.8 Å². The van der Waals surface area contributed by atoms with E-state index in [0.717, 1.165) is 42.6 Å². The van der Waals surface area contributed by atoms with Gasteiger partial charge in [0.15, 0.2) is 0 Å². The van der Waals surface area contributed by atoms with E-state index in [1.165, 1.54) is 12.1 Å². The maximum absolute atomic E-state index is 13.6. The van der Waals surface area contributed by atoms with Crippen LogP contribution in [0.4, 0.5) is 10.1 Å². The van der Waals surface area contributed by atoms with E-state index in [4.69, 9.17) is 0 Å². The molecule has 0 amide bonds. The van der Waals surface area contributed by atoms with Gasteiger partial charge in [0, 0.05) is 18.7 Å². The maximum atomic E-state index is 13.6. The van der Waals surface area contributed by atoms with Gasteiger partial charge in [0.1, 0.15) is 5.82 Å². The number of benzene rings is 2. The highest BCUT2D eigenvalue weighted by molar-refractivity contribution is 5.77. The van der Waals surface area contributed by atoms with E-state index in [9.17, 15) is 4.39 Å². The van der Waals surface area contributed by atoms with Crippen LogP contribution in [0.25, 0.3) is 11.1 Å². The maximum Gasteiger partial charge on any atom is 0.123 e. The minimum absolute atomic E-state index is 0.256. The summed E-state index contributed by atoms with van der Waals surface area (Å²) in [4.78, 5) is 0. The summed E-state index contributed by atoms with van der Waals surface area (Å²) in [7, 11) is 0.